The first-order chi connectivity index (χ1) is 15.8. The van der Waals surface area contributed by atoms with Gasteiger partial charge in [0.05, 0.1) is 65.5 Å². The minimum absolute atomic E-state index is 0.0147. The lowest BCUT2D eigenvalue weighted by Crippen LogP contribution is -2.64. The summed E-state index contributed by atoms with van der Waals surface area (Å²) in [6, 6.07) is 5.02. The van der Waals surface area contributed by atoms with Gasteiger partial charge in [0, 0.05) is 23.8 Å². The van der Waals surface area contributed by atoms with Crippen LogP contribution in [0.4, 0.5) is 25.0 Å². The van der Waals surface area contributed by atoms with Gasteiger partial charge in [-0.1, -0.05) is 10.5 Å². The number of hydrogen-bond acceptors (Lipinski definition) is 4. The molecule has 1 aromatic carbocycles. The van der Waals surface area contributed by atoms with E-state index in [1.165, 1.54) is 46.2 Å². The Kier molecular flexibility index (Phi) is 6.25. The SMILES string of the molecule is [B]C([B])([B])N(c1cnc2nn(-c3cc(NC(=O)N4CC[C@@H](F)C4)ccc3F)cc2c1)C([B])([B])[B]. The molecule has 3 aromatic rings. The maximum absolute atomic E-state index is 14.6. The van der Waals surface area contributed by atoms with Gasteiger partial charge in [-0.25, -0.2) is 23.2 Å². The highest BCUT2D eigenvalue weighted by molar-refractivity contribution is 6.66. The maximum atomic E-state index is 14.6. The molecular formula is C19H14B6F2N6O. The monoisotopic (exact) mass is 446 g/mol. The van der Waals surface area contributed by atoms with E-state index in [2.05, 4.69) is 15.4 Å². The van der Waals surface area contributed by atoms with Gasteiger partial charge < -0.3 is 15.1 Å². The van der Waals surface area contributed by atoms with E-state index in [0.717, 1.165) is 4.90 Å². The number of halogens is 2. The smallest absolute Gasteiger partial charge is 0.321 e. The molecule has 0 saturated carbocycles. The van der Waals surface area contributed by atoms with Gasteiger partial charge in [-0.05, 0) is 30.7 Å². The molecule has 1 atom stereocenters. The Morgan fingerprint density at radius 2 is 1.85 bits per heavy atom. The molecule has 15 heteroatoms. The Hall–Kier alpha value is -2.84. The molecule has 0 spiro atoms. The lowest BCUT2D eigenvalue weighted by Gasteiger charge is -2.50. The molecule has 12 radical (unpaired) electrons. The van der Waals surface area contributed by atoms with Crippen molar-refractivity contribution in [1.82, 2.24) is 19.7 Å². The molecular weight excluding hydrogens is 431 g/mol. The Labute approximate surface area is 203 Å². The first-order valence-corrected chi connectivity index (χ1v) is 10.2. The maximum Gasteiger partial charge on any atom is 0.321 e. The summed E-state index contributed by atoms with van der Waals surface area (Å²) in [6.45, 7) is 0.322. The topological polar surface area (TPSA) is 66.3 Å². The number of rotatable bonds is 5. The van der Waals surface area contributed by atoms with E-state index >= 15 is 0 Å². The molecule has 4 rings (SSSR count). The number of anilines is 2. The quantitative estimate of drug-likeness (QED) is 0.570. The van der Waals surface area contributed by atoms with Crippen LogP contribution < -0.4 is 10.2 Å². The summed E-state index contributed by atoms with van der Waals surface area (Å²) in [7, 11) is 34.5. The molecule has 0 bridgehead atoms. The van der Waals surface area contributed by atoms with Crippen molar-refractivity contribution >= 4 is 75.5 Å². The van der Waals surface area contributed by atoms with E-state index in [1.807, 2.05) is 0 Å². The van der Waals surface area contributed by atoms with E-state index in [9.17, 15) is 13.6 Å². The predicted molar refractivity (Wildman–Crippen MR) is 131 cm³/mol. The third-order valence-electron chi connectivity index (χ3n) is 5.24. The number of pyridine rings is 1. The molecule has 34 heavy (non-hydrogen) atoms. The Morgan fingerprint density at radius 1 is 1.15 bits per heavy atom. The van der Waals surface area contributed by atoms with E-state index in [1.54, 1.807) is 0 Å². The Balaban J connectivity index is 1.65. The number of hydrogen-bond donors (Lipinski definition) is 1. The molecule has 0 unspecified atom stereocenters. The van der Waals surface area contributed by atoms with Crippen LogP contribution in [-0.2, 0) is 0 Å². The number of urea groups is 1. The van der Waals surface area contributed by atoms with Gasteiger partial charge >= 0.3 is 6.03 Å². The third-order valence-corrected chi connectivity index (χ3v) is 5.24. The average molecular weight is 445 g/mol. The van der Waals surface area contributed by atoms with Crippen LogP contribution in [0.1, 0.15) is 6.42 Å². The van der Waals surface area contributed by atoms with E-state index in [4.69, 9.17) is 47.1 Å². The van der Waals surface area contributed by atoms with Crippen molar-refractivity contribution in [2.75, 3.05) is 23.3 Å². The fourth-order valence-corrected chi connectivity index (χ4v) is 3.80. The molecule has 7 nitrogen and oxygen atoms in total. The van der Waals surface area contributed by atoms with Crippen molar-refractivity contribution in [2.24, 2.45) is 0 Å². The number of benzene rings is 1. The number of nitrogens with one attached hydrogen (secondary N) is 1. The van der Waals surface area contributed by atoms with Crippen molar-refractivity contribution in [3.8, 4) is 5.69 Å². The lowest BCUT2D eigenvalue weighted by atomic mass is 9.40. The van der Waals surface area contributed by atoms with Crippen LogP contribution in [0.2, 0.25) is 0 Å². The second-order valence-corrected chi connectivity index (χ2v) is 8.22. The normalized spacial score (nSPS) is 16.6. The van der Waals surface area contributed by atoms with Gasteiger partial charge in [0.25, 0.3) is 0 Å². The molecule has 1 N–H and O–H groups in total. The number of likely N-dealkylation sites (tertiary alicyclic amines) is 1. The number of alkyl halides is 1. The number of fused-ring (bicyclic) bond motifs is 1. The predicted octanol–water partition coefficient (Wildman–Crippen LogP) is 0.175. The van der Waals surface area contributed by atoms with Crippen molar-refractivity contribution in [2.45, 2.75) is 23.1 Å². The van der Waals surface area contributed by atoms with Gasteiger partial charge in [-0.3, -0.25) is 0 Å². The van der Waals surface area contributed by atoms with Crippen molar-refractivity contribution in [3.63, 3.8) is 0 Å². The summed E-state index contributed by atoms with van der Waals surface area (Å²) in [5.41, 5.74) is 0.791. The van der Waals surface area contributed by atoms with E-state index in [-0.39, 0.29) is 30.0 Å². The lowest BCUT2D eigenvalue weighted by molar-refractivity contribution is 0.218. The largest absolute Gasteiger partial charge is 0.410 e. The van der Waals surface area contributed by atoms with E-state index < -0.39 is 28.5 Å². The second-order valence-electron chi connectivity index (χ2n) is 8.22. The minimum atomic E-state index is -2.01. The molecule has 1 aliphatic heterocycles. The zero-order chi connectivity index (χ0) is 24.8. The van der Waals surface area contributed by atoms with Crippen molar-refractivity contribution in [3.05, 3.63) is 42.5 Å². The van der Waals surface area contributed by atoms with Crippen LogP contribution in [-0.4, -0.2) is 103 Å². The fraction of sp³-hybridized carbons (Fsp3) is 0.316. The zero-order valence-corrected chi connectivity index (χ0v) is 18.0. The van der Waals surface area contributed by atoms with Crippen LogP contribution in [0.5, 0.6) is 0 Å². The number of nitrogens with zero attached hydrogens (tertiary/aromatic N) is 5. The van der Waals surface area contributed by atoms with Crippen LogP contribution in [0.25, 0.3) is 16.7 Å². The standard InChI is InChI=1S/C19H14B6F2N6O/c20-18(21,22)33(19(23,24)25)13-5-10-8-32(30-16(10)28-7-13)15-6-12(1-2-14(15)27)29-17(34)31-4-3-11(26)9-31/h1-2,5-8,11H,3-4,9H2,(H,29,34)/t11-/m1/s1. The molecule has 158 valence electrons. The summed E-state index contributed by atoms with van der Waals surface area (Å²) in [6.07, 6.45) is 2.03. The van der Waals surface area contributed by atoms with Crippen LogP contribution in [0.3, 0.4) is 0 Å². The summed E-state index contributed by atoms with van der Waals surface area (Å²) in [4.78, 5) is 18.9. The summed E-state index contributed by atoms with van der Waals surface area (Å²) >= 11 is 0. The molecule has 1 saturated heterocycles. The highest BCUT2D eigenvalue weighted by atomic mass is 19.1. The number of carbonyl (C=O) groups is 1. The molecule has 2 amide bonds. The van der Waals surface area contributed by atoms with E-state index in [0.29, 0.717) is 17.6 Å². The van der Waals surface area contributed by atoms with Gasteiger partial charge in [0.15, 0.2) is 5.65 Å². The number of carbonyl (C=O) groups excluding carboxylic acids is 1. The van der Waals surface area contributed by atoms with Crippen molar-refractivity contribution in [1.29, 1.82) is 0 Å². The van der Waals surface area contributed by atoms with Crippen LogP contribution in [0.15, 0.2) is 36.7 Å². The van der Waals surface area contributed by atoms with Crippen LogP contribution >= 0.6 is 0 Å². The second kappa shape index (κ2) is 8.74. The Morgan fingerprint density at radius 3 is 2.47 bits per heavy atom. The number of aromatic nitrogens is 3. The fourth-order valence-electron chi connectivity index (χ4n) is 3.80. The third kappa shape index (κ3) is 4.98. The summed E-state index contributed by atoms with van der Waals surface area (Å²) < 4.78 is 29.3. The highest BCUT2D eigenvalue weighted by Crippen LogP contribution is 2.28. The average Bonchev–Trinajstić information content (AvgIpc) is 3.33. The molecule has 3 heterocycles. The van der Waals surface area contributed by atoms with Gasteiger partial charge in [-0.15, -0.1) is 5.10 Å². The molecule has 1 fully saturated rings. The van der Waals surface area contributed by atoms with Crippen LogP contribution in [0, 0.1) is 5.82 Å². The summed E-state index contributed by atoms with van der Waals surface area (Å²) in [5.74, 6) is -0.604. The highest BCUT2D eigenvalue weighted by Gasteiger charge is 2.30. The number of amides is 2. The molecule has 1 aliphatic rings. The minimum Gasteiger partial charge on any atom is -0.410 e. The first-order valence-electron chi connectivity index (χ1n) is 10.2. The van der Waals surface area contributed by atoms with Gasteiger partial charge in [-0.2, -0.15) is 0 Å². The zero-order valence-electron chi connectivity index (χ0n) is 18.0. The van der Waals surface area contributed by atoms with Gasteiger partial charge in [0.1, 0.15) is 17.7 Å². The summed E-state index contributed by atoms with van der Waals surface area (Å²) in [5, 5.41) is 3.32. The van der Waals surface area contributed by atoms with Gasteiger partial charge in [0.2, 0.25) is 0 Å². The molecule has 0 aliphatic carbocycles. The Bertz CT molecular complexity index is 1220. The molecule has 2 aromatic heterocycles. The first kappa shape index (κ1) is 24.3. The van der Waals surface area contributed by atoms with Crippen molar-refractivity contribution < 1.29 is 13.6 Å².